The Hall–Kier alpha value is -2.21. The summed E-state index contributed by atoms with van der Waals surface area (Å²) in [4.78, 5) is 16.4. The second kappa shape index (κ2) is 5.65. The number of fused-ring (bicyclic) bond motifs is 1. The summed E-state index contributed by atoms with van der Waals surface area (Å²) in [6.45, 7) is 0.352. The second-order valence-corrected chi connectivity index (χ2v) is 5.44. The quantitative estimate of drug-likeness (QED) is 0.791. The molecule has 3 rings (SSSR count). The van der Waals surface area contributed by atoms with Crippen molar-refractivity contribution in [3.8, 4) is 0 Å². The number of halogens is 2. The van der Waals surface area contributed by atoms with Gasteiger partial charge in [0.2, 0.25) is 0 Å². The van der Waals surface area contributed by atoms with Crippen molar-refractivity contribution < 1.29 is 4.39 Å². The molecular weight excluding hydrogens is 337 g/mol. The van der Waals surface area contributed by atoms with Gasteiger partial charge in [-0.2, -0.15) is 0 Å². The summed E-state index contributed by atoms with van der Waals surface area (Å²) in [7, 11) is 0. The molecule has 0 atom stereocenters. The first kappa shape index (κ1) is 13.8. The molecule has 0 saturated carbocycles. The Morgan fingerprint density at radius 3 is 2.90 bits per heavy atom. The average molecular weight is 348 g/mol. The van der Waals surface area contributed by atoms with Gasteiger partial charge in [0.15, 0.2) is 0 Å². The van der Waals surface area contributed by atoms with E-state index in [4.69, 9.17) is 0 Å². The average Bonchev–Trinajstić information content (AvgIpc) is 2.46. The molecule has 0 radical (unpaired) electrons. The molecule has 4 nitrogen and oxygen atoms in total. The number of hydrogen-bond donors (Lipinski definition) is 1. The van der Waals surface area contributed by atoms with E-state index in [2.05, 4.69) is 26.2 Å². The van der Waals surface area contributed by atoms with Crippen LogP contribution in [-0.4, -0.2) is 9.38 Å². The molecule has 2 heterocycles. The van der Waals surface area contributed by atoms with Crippen LogP contribution in [0.15, 0.2) is 57.9 Å². The zero-order chi connectivity index (χ0) is 14.8. The number of aromatic nitrogens is 2. The normalized spacial score (nSPS) is 10.8. The molecule has 0 aliphatic rings. The molecule has 21 heavy (non-hydrogen) atoms. The highest BCUT2D eigenvalue weighted by atomic mass is 79.9. The monoisotopic (exact) mass is 347 g/mol. The maximum absolute atomic E-state index is 13.1. The van der Waals surface area contributed by atoms with Crippen LogP contribution in [0.25, 0.3) is 5.65 Å². The zero-order valence-corrected chi connectivity index (χ0v) is 12.5. The second-order valence-electron chi connectivity index (χ2n) is 4.53. The smallest absolute Gasteiger partial charge is 0.258 e. The summed E-state index contributed by atoms with van der Waals surface area (Å²) in [5.41, 5.74) is 1.67. The number of nitrogens with zero attached hydrogens (tertiary/aromatic N) is 2. The van der Waals surface area contributed by atoms with E-state index in [0.29, 0.717) is 23.6 Å². The van der Waals surface area contributed by atoms with Crippen LogP contribution >= 0.6 is 15.9 Å². The lowest BCUT2D eigenvalue weighted by molar-refractivity contribution is 0.628. The van der Waals surface area contributed by atoms with E-state index in [1.165, 1.54) is 22.6 Å². The molecule has 106 valence electrons. The first-order valence-corrected chi connectivity index (χ1v) is 7.08. The predicted molar refractivity (Wildman–Crippen MR) is 82.9 cm³/mol. The SMILES string of the molecule is O=c1cc(CNc2cccc(F)c2)nc2ccc(Br)cn12. The minimum atomic E-state index is -0.309. The van der Waals surface area contributed by atoms with Crippen molar-refractivity contribution in [2.75, 3.05) is 5.32 Å². The minimum absolute atomic E-state index is 0.155. The van der Waals surface area contributed by atoms with Gasteiger partial charge in [0.25, 0.3) is 5.56 Å². The van der Waals surface area contributed by atoms with Crippen LogP contribution < -0.4 is 10.9 Å². The molecule has 2 aromatic heterocycles. The van der Waals surface area contributed by atoms with E-state index in [1.54, 1.807) is 24.4 Å². The first-order valence-electron chi connectivity index (χ1n) is 6.29. The van der Waals surface area contributed by atoms with E-state index >= 15 is 0 Å². The van der Waals surface area contributed by atoms with Crippen LogP contribution in [0.1, 0.15) is 5.69 Å². The standard InChI is InChI=1S/C15H11BrFN3O/c16-10-4-5-14-19-13(7-15(21)20(14)9-10)8-18-12-3-1-2-11(17)6-12/h1-7,9,18H,8H2. The lowest BCUT2D eigenvalue weighted by Gasteiger charge is -2.07. The molecule has 1 aromatic carbocycles. The van der Waals surface area contributed by atoms with Crippen LogP contribution in [-0.2, 0) is 6.54 Å². The highest BCUT2D eigenvalue weighted by Crippen LogP contribution is 2.12. The van der Waals surface area contributed by atoms with Gasteiger partial charge in [-0.15, -0.1) is 0 Å². The first-order chi connectivity index (χ1) is 10.1. The number of nitrogens with one attached hydrogen (secondary N) is 1. The largest absolute Gasteiger partial charge is 0.379 e. The summed E-state index contributed by atoms with van der Waals surface area (Å²) in [6.07, 6.45) is 1.68. The summed E-state index contributed by atoms with van der Waals surface area (Å²) in [6, 6.07) is 11.2. The highest BCUT2D eigenvalue weighted by molar-refractivity contribution is 9.10. The van der Waals surface area contributed by atoms with Crippen molar-refractivity contribution in [3.05, 3.63) is 75.0 Å². The van der Waals surface area contributed by atoms with Crippen LogP contribution in [0.4, 0.5) is 10.1 Å². The Labute approximate surface area is 128 Å². The van der Waals surface area contributed by atoms with Gasteiger partial charge in [0.1, 0.15) is 11.5 Å². The minimum Gasteiger partial charge on any atom is -0.379 e. The Morgan fingerprint density at radius 2 is 2.10 bits per heavy atom. The number of benzene rings is 1. The Bertz CT molecular complexity index is 863. The van der Waals surface area contributed by atoms with E-state index in [0.717, 1.165) is 4.47 Å². The van der Waals surface area contributed by atoms with Crippen LogP contribution in [0.5, 0.6) is 0 Å². The van der Waals surface area contributed by atoms with Crippen LogP contribution in [0.3, 0.4) is 0 Å². The van der Waals surface area contributed by atoms with Crippen molar-refractivity contribution in [2.45, 2.75) is 6.54 Å². The van der Waals surface area contributed by atoms with Crippen molar-refractivity contribution in [2.24, 2.45) is 0 Å². The molecule has 0 amide bonds. The zero-order valence-electron chi connectivity index (χ0n) is 10.9. The summed E-state index contributed by atoms with van der Waals surface area (Å²) in [5.74, 6) is -0.309. The molecule has 6 heteroatoms. The van der Waals surface area contributed by atoms with Gasteiger partial charge in [-0.25, -0.2) is 9.37 Å². The van der Waals surface area contributed by atoms with Gasteiger partial charge in [-0.05, 0) is 46.3 Å². The number of rotatable bonds is 3. The fourth-order valence-corrected chi connectivity index (χ4v) is 2.34. The number of anilines is 1. The summed E-state index contributed by atoms with van der Waals surface area (Å²) in [5, 5.41) is 3.05. The molecule has 0 aliphatic heterocycles. The van der Waals surface area contributed by atoms with E-state index in [-0.39, 0.29) is 11.4 Å². The fourth-order valence-electron chi connectivity index (χ4n) is 2.01. The third kappa shape index (κ3) is 3.11. The highest BCUT2D eigenvalue weighted by Gasteiger charge is 2.03. The van der Waals surface area contributed by atoms with Crippen LogP contribution in [0.2, 0.25) is 0 Å². The van der Waals surface area contributed by atoms with Crippen molar-refractivity contribution >= 4 is 27.3 Å². The van der Waals surface area contributed by atoms with Gasteiger partial charge in [-0.3, -0.25) is 9.20 Å². The predicted octanol–water partition coefficient (Wildman–Crippen LogP) is 3.21. The van der Waals surface area contributed by atoms with Crippen molar-refractivity contribution in [1.82, 2.24) is 9.38 Å². The van der Waals surface area contributed by atoms with Crippen molar-refractivity contribution in [3.63, 3.8) is 0 Å². The molecule has 0 aliphatic carbocycles. The lowest BCUT2D eigenvalue weighted by Crippen LogP contribution is -2.16. The number of hydrogen-bond acceptors (Lipinski definition) is 3. The molecule has 0 fully saturated rings. The summed E-state index contributed by atoms with van der Waals surface area (Å²) < 4.78 is 15.4. The molecule has 0 saturated heterocycles. The van der Waals surface area contributed by atoms with Gasteiger partial charge in [0.05, 0.1) is 12.2 Å². The van der Waals surface area contributed by atoms with Crippen LogP contribution in [0, 0.1) is 5.82 Å². The molecule has 0 unspecified atom stereocenters. The molecule has 1 N–H and O–H groups in total. The Balaban J connectivity index is 1.88. The van der Waals surface area contributed by atoms with Crippen molar-refractivity contribution in [1.29, 1.82) is 0 Å². The fraction of sp³-hybridized carbons (Fsp3) is 0.0667. The lowest BCUT2D eigenvalue weighted by atomic mass is 10.3. The van der Waals surface area contributed by atoms with E-state index < -0.39 is 0 Å². The molecule has 0 bridgehead atoms. The van der Waals surface area contributed by atoms with Gasteiger partial charge < -0.3 is 5.32 Å². The third-order valence-corrected chi connectivity index (χ3v) is 3.44. The molecule has 0 spiro atoms. The maximum atomic E-state index is 13.1. The Morgan fingerprint density at radius 1 is 1.24 bits per heavy atom. The topological polar surface area (TPSA) is 46.4 Å². The van der Waals surface area contributed by atoms with Gasteiger partial charge in [0, 0.05) is 22.4 Å². The Kier molecular flexibility index (Phi) is 3.70. The number of pyridine rings is 1. The van der Waals surface area contributed by atoms with Gasteiger partial charge >= 0.3 is 0 Å². The third-order valence-electron chi connectivity index (χ3n) is 2.97. The molecular formula is C15H11BrFN3O. The molecule has 3 aromatic rings. The summed E-state index contributed by atoms with van der Waals surface area (Å²) >= 11 is 3.32. The maximum Gasteiger partial charge on any atom is 0.258 e. The van der Waals surface area contributed by atoms with E-state index in [9.17, 15) is 9.18 Å². The van der Waals surface area contributed by atoms with E-state index in [1.807, 2.05) is 6.07 Å². The van der Waals surface area contributed by atoms with Gasteiger partial charge in [-0.1, -0.05) is 6.07 Å².